The van der Waals surface area contributed by atoms with Crippen molar-refractivity contribution in [3.8, 4) is 0 Å². The van der Waals surface area contributed by atoms with E-state index in [2.05, 4.69) is 0 Å². The summed E-state index contributed by atoms with van der Waals surface area (Å²) in [7, 11) is 0. The van der Waals surface area contributed by atoms with E-state index in [0.717, 1.165) is 12.1 Å². The topological polar surface area (TPSA) is 54.4 Å². The first-order valence-electron chi connectivity index (χ1n) is 5.76. The fourth-order valence-electron chi connectivity index (χ4n) is 1.64. The molecular weight excluding hydrogens is 318 g/mol. The van der Waals surface area contributed by atoms with Gasteiger partial charge in [0.05, 0.1) is 0 Å². The third-order valence-corrected chi connectivity index (χ3v) is 3.19. The van der Waals surface area contributed by atoms with Crippen LogP contribution >= 0.6 is 0 Å². The van der Waals surface area contributed by atoms with Gasteiger partial charge >= 0.3 is 23.7 Å². The van der Waals surface area contributed by atoms with Crippen molar-refractivity contribution >= 4 is 11.8 Å². The fraction of sp³-hybridized carbons (Fsp3) is 0.385. The molecule has 0 heterocycles. The van der Waals surface area contributed by atoms with Crippen molar-refractivity contribution in [3.63, 3.8) is 0 Å². The molecular formula is C13H10F6O3. The number of rotatable bonds is 5. The number of carboxylic acids is 1. The van der Waals surface area contributed by atoms with Crippen LogP contribution in [-0.4, -0.2) is 34.6 Å². The Balaban J connectivity index is 3.43. The van der Waals surface area contributed by atoms with Crippen molar-refractivity contribution < 1.29 is 41.0 Å². The lowest BCUT2D eigenvalue weighted by molar-refractivity contribution is -0.285. The molecule has 1 rings (SSSR count). The molecule has 0 spiro atoms. The van der Waals surface area contributed by atoms with Gasteiger partial charge in [0.15, 0.2) is 0 Å². The number of hydrogen-bond donors (Lipinski definition) is 1. The second-order valence-corrected chi connectivity index (χ2v) is 4.60. The zero-order chi connectivity index (χ0) is 17.5. The molecule has 9 heteroatoms. The summed E-state index contributed by atoms with van der Waals surface area (Å²) in [4.78, 5) is 21.7. The zero-order valence-electron chi connectivity index (χ0n) is 11.3. The van der Waals surface area contributed by atoms with E-state index in [9.17, 15) is 35.9 Å². The highest BCUT2D eigenvalue weighted by Crippen LogP contribution is 2.47. The third kappa shape index (κ3) is 2.44. The van der Waals surface area contributed by atoms with Gasteiger partial charge in [-0.25, -0.2) is 4.79 Å². The van der Waals surface area contributed by atoms with Crippen LogP contribution in [0.5, 0.6) is 0 Å². The summed E-state index contributed by atoms with van der Waals surface area (Å²) in [6, 6.07) is 3.28. The van der Waals surface area contributed by atoms with Crippen LogP contribution in [0.4, 0.5) is 26.3 Å². The second-order valence-electron chi connectivity index (χ2n) is 4.60. The minimum Gasteiger partial charge on any atom is -0.477 e. The average Bonchev–Trinajstić information content (AvgIpc) is 2.40. The highest BCUT2D eigenvalue weighted by molar-refractivity contribution is 6.04. The monoisotopic (exact) mass is 328 g/mol. The molecule has 22 heavy (non-hydrogen) atoms. The van der Waals surface area contributed by atoms with E-state index >= 15 is 0 Å². The van der Waals surface area contributed by atoms with Gasteiger partial charge in [0, 0.05) is 5.56 Å². The van der Waals surface area contributed by atoms with Crippen LogP contribution in [0.25, 0.3) is 0 Å². The van der Waals surface area contributed by atoms with Crippen LogP contribution in [-0.2, 0) is 4.79 Å². The summed E-state index contributed by atoms with van der Waals surface area (Å²) < 4.78 is 79.6. The number of carboxylic acid groups (broad SMARTS) is 1. The summed E-state index contributed by atoms with van der Waals surface area (Å²) in [6.07, 6.45) is 0. The van der Waals surface area contributed by atoms with Crippen LogP contribution in [0.15, 0.2) is 18.2 Å². The molecule has 0 unspecified atom stereocenters. The molecule has 0 aliphatic carbocycles. The molecule has 0 aliphatic rings. The first-order valence-corrected chi connectivity index (χ1v) is 5.76. The number of Topliss-reactive ketones (excluding diaryl/α,β-unsaturated/α-hetero) is 1. The van der Waals surface area contributed by atoms with Crippen molar-refractivity contribution in [2.75, 3.05) is 0 Å². The van der Waals surface area contributed by atoms with E-state index in [1.54, 1.807) is 0 Å². The molecule has 0 aromatic heterocycles. The molecule has 0 saturated carbocycles. The van der Waals surface area contributed by atoms with Gasteiger partial charge in [-0.2, -0.15) is 26.3 Å². The molecule has 0 saturated heterocycles. The van der Waals surface area contributed by atoms with Crippen LogP contribution in [0.1, 0.15) is 21.5 Å². The maximum absolute atomic E-state index is 13.6. The third-order valence-electron chi connectivity index (χ3n) is 3.19. The van der Waals surface area contributed by atoms with Gasteiger partial charge < -0.3 is 5.11 Å². The van der Waals surface area contributed by atoms with E-state index in [1.807, 2.05) is 0 Å². The Hall–Kier alpha value is -2.06. The normalized spacial score (nSPS) is 13.1. The number of alkyl halides is 6. The van der Waals surface area contributed by atoms with Crippen molar-refractivity contribution in [2.24, 2.45) is 0 Å². The predicted octanol–water partition coefficient (Wildman–Crippen LogP) is 3.48. The summed E-state index contributed by atoms with van der Waals surface area (Å²) in [5, 5.41) is 8.02. The molecule has 0 aliphatic heterocycles. The zero-order valence-corrected chi connectivity index (χ0v) is 11.3. The van der Waals surface area contributed by atoms with E-state index in [0.29, 0.717) is 5.56 Å². The molecule has 0 radical (unpaired) electrons. The number of carbonyl (C=O) groups is 2. The number of benzene rings is 1. The van der Waals surface area contributed by atoms with Gasteiger partial charge in [-0.3, -0.25) is 4.79 Å². The Morgan fingerprint density at radius 2 is 1.45 bits per heavy atom. The number of hydrogen-bond acceptors (Lipinski definition) is 2. The molecule has 1 aromatic rings. The van der Waals surface area contributed by atoms with Gasteiger partial charge in [-0.15, -0.1) is 0 Å². The standard InChI is InChI=1S/C13H10F6O3/c1-6-4-3-5-8(7(6)2)9(20)11(14,15)13(18,19)12(16,17)10(21)22/h3-5H,1-2H3,(H,21,22). The minimum absolute atomic E-state index is 0.0957. The van der Waals surface area contributed by atoms with Gasteiger partial charge in [-0.05, 0) is 25.0 Å². The smallest absolute Gasteiger partial charge is 0.411 e. The van der Waals surface area contributed by atoms with Crippen molar-refractivity contribution in [2.45, 2.75) is 31.6 Å². The van der Waals surface area contributed by atoms with E-state index < -0.39 is 35.1 Å². The van der Waals surface area contributed by atoms with E-state index in [-0.39, 0.29) is 5.56 Å². The molecule has 0 atom stereocenters. The van der Waals surface area contributed by atoms with E-state index in [4.69, 9.17) is 5.11 Å². The lowest BCUT2D eigenvalue weighted by Gasteiger charge is -2.29. The number of carbonyl (C=O) groups excluding carboxylic acids is 1. The second kappa shape index (κ2) is 5.29. The van der Waals surface area contributed by atoms with Gasteiger partial charge in [0.25, 0.3) is 0 Å². The molecule has 1 N–H and O–H groups in total. The number of aliphatic carboxylic acids is 1. The first-order chi connectivity index (χ1) is 9.78. The van der Waals surface area contributed by atoms with Gasteiger partial charge in [0.1, 0.15) is 0 Å². The van der Waals surface area contributed by atoms with Crippen LogP contribution in [0, 0.1) is 13.8 Å². The van der Waals surface area contributed by atoms with Crippen LogP contribution < -0.4 is 0 Å². The summed E-state index contributed by atoms with van der Waals surface area (Å²) in [5.41, 5.74) is -0.678. The highest BCUT2D eigenvalue weighted by Gasteiger charge is 2.78. The number of halogens is 6. The quantitative estimate of drug-likeness (QED) is 0.665. The lowest BCUT2D eigenvalue weighted by atomic mass is 9.92. The van der Waals surface area contributed by atoms with Crippen molar-refractivity contribution in [1.82, 2.24) is 0 Å². The van der Waals surface area contributed by atoms with Gasteiger partial charge in [0.2, 0.25) is 5.78 Å². The first kappa shape index (κ1) is 18.0. The maximum Gasteiger partial charge on any atom is 0.411 e. The lowest BCUT2D eigenvalue weighted by Crippen LogP contribution is -2.61. The number of ketones is 1. The van der Waals surface area contributed by atoms with Crippen LogP contribution in [0.2, 0.25) is 0 Å². The Morgan fingerprint density at radius 1 is 0.955 bits per heavy atom. The predicted molar refractivity (Wildman–Crippen MR) is 62.7 cm³/mol. The molecule has 3 nitrogen and oxygen atoms in total. The molecule has 0 bridgehead atoms. The summed E-state index contributed by atoms with van der Waals surface area (Å²) >= 11 is 0. The Morgan fingerprint density at radius 3 is 1.91 bits per heavy atom. The van der Waals surface area contributed by atoms with E-state index in [1.165, 1.54) is 19.9 Å². The summed E-state index contributed by atoms with van der Waals surface area (Å²) in [6.45, 7) is 2.57. The highest BCUT2D eigenvalue weighted by atomic mass is 19.3. The fourth-order valence-corrected chi connectivity index (χ4v) is 1.64. The minimum atomic E-state index is -6.39. The number of aryl methyl sites for hydroxylation is 1. The van der Waals surface area contributed by atoms with Crippen molar-refractivity contribution in [3.05, 3.63) is 34.9 Å². The Bertz CT molecular complexity index is 624. The van der Waals surface area contributed by atoms with Crippen molar-refractivity contribution in [1.29, 1.82) is 0 Å². The van der Waals surface area contributed by atoms with Gasteiger partial charge in [-0.1, -0.05) is 18.2 Å². The SMILES string of the molecule is Cc1cccc(C(=O)C(F)(F)C(F)(F)C(F)(F)C(=O)O)c1C. The largest absolute Gasteiger partial charge is 0.477 e. The molecule has 0 fully saturated rings. The van der Waals surface area contributed by atoms with Crippen LogP contribution in [0.3, 0.4) is 0 Å². The summed E-state index contributed by atoms with van der Waals surface area (Å²) in [5.74, 6) is -24.4. The Kier molecular flexibility index (Phi) is 4.33. The average molecular weight is 328 g/mol. The maximum atomic E-state index is 13.6. The molecule has 122 valence electrons. The molecule has 0 amide bonds. The Labute approximate surface area is 120 Å². The molecule has 1 aromatic carbocycles.